The van der Waals surface area contributed by atoms with Crippen LogP contribution < -0.4 is 5.32 Å². The van der Waals surface area contributed by atoms with E-state index in [1.54, 1.807) is 11.3 Å². The second-order valence-corrected chi connectivity index (χ2v) is 4.92. The molecule has 0 aliphatic rings. The Hall–Kier alpha value is -0.550. The standard InChI is InChI=1S/C12H18F3NS/c1-2-6-16-11(8-12(13,14)15)4-3-10-5-7-17-9-10/h5,7,9,11,16H,2-4,6,8H2,1H3. The Balaban J connectivity index is 2.39. The van der Waals surface area contributed by atoms with Crippen LogP contribution in [0.25, 0.3) is 0 Å². The first kappa shape index (κ1) is 14.5. The molecule has 0 aromatic carbocycles. The highest BCUT2D eigenvalue weighted by Crippen LogP contribution is 2.23. The number of halogens is 3. The first-order valence-corrected chi connectivity index (χ1v) is 6.76. The van der Waals surface area contributed by atoms with Crippen LogP contribution in [0.2, 0.25) is 0 Å². The minimum absolute atomic E-state index is 0.463. The molecular weight excluding hydrogens is 247 g/mol. The molecule has 0 saturated carbocycles. The molecule has 1 heterocycles. The molecule has 0 aliphatic heterocycles. The van der Waals surface area contributed by atoms with E-state index >= 15 is 0 Å². The van der Waals surface area contributed by atoms with Crippen LogP contribution in [-0.2, 0) is 6.42 Å². The van der Waals surface area contributed by atoms with Gasteiger partial charge >= 0.3 is 6.18 Å². The third kappa shape index (κ3) is 6.68. The molecule has 1 aromatic heterocycles. The third-order valence-corrected chi connectivity index (χ3v) is 3.25. The van der Waals surface area contributed by atoms with Crippen LogP contribution in [0.1, 0.15) is 31.7 Å². The van der Waals surface area contributed by atoms with E-state index < -0.39 is 18.6 Å². The van der Waals surface area contributed by atoms with E-state index in [4.69, 9.17) is 0 Å². The average molecular weight is 265 g/mol. The van der Waals surface area contributed by atoms with Crippen LogP contribution in [0.15, 0.2) is 16.8 Å². The van der Waals surface area contributed by atoms with Crippen LogP contribution in [0.3, 0.4) is 0 Å². The number of rotatable bonds is 7. The molecule has 1 unspecified atom stereocenters. The lowest BCUT2D eigenvalue weighted by molar-refractivity contribution is -0.140. The number of thiophene rings is 1. The first-order chi connectivity index (χ1) is 8.01. The average Bonchev–Trinajstić information content (AvgIpc) is 2.73. The molecule has 0 fully saturated rings. The predicted octanol–water partition coefficient (Wildman–Crippen LogP) is 4.00. The smallest absolute Gasteiger partial charge is 0.314 e. The van der Waals surface area contributed by atoms with Crippen molar-refractivity contribution in [2.24, 2.45) is 0 Å². The maximum atomic E-state index is 12.4. The summed E-state index contributed by atoms with van der Waals surface area (Å²) >= 11 is 1.58. The van der Waals surface area contributed by atoms with E-state index in [1.807, 2.05) is 23.8 Å². The largest absolute Gasteiger partial charge is 0.390 e. The summed E-state index contributed by atoms with van der Waals surface area (Å²) in [5, 5.41) is 6.91. The number of alkyl halides is 3. The van der Waals surface area contributed by atoms with Gasteiger partial charge in [-0.25, -0.2) is 0 Å². The van der Waals surface area contributed by atoms with Gasteiger partial charge in [0, 0.05) is 6.04 Å². The number of nitrogens with one attached hydrogen (secondary N) is 1. The second-order valence-electron chi connectivity index (χ2n) is 4.14. The van der Waals surface area contributed by atoms with Crippen molar-refractivity contribution in [2.75, 3.05) is 6.54 Å². The third-order valence-electron chi connectivity index (χ3n) is 2.52. The molecule has 1 atom stereocenters. The quantitative estimate of drug-likeness (QED) is 0.785. The van der Waals surface area contributed by atoms with Gasteiger partial charge in [0.1, 0.15) is 0 Å². The zero-order valence-electron chi connectivity index (χ0n) is 9.89. The summed E-state index contributed by atoms with van der Waals surface area (Å²) in [5.41, 5.74) is 1.13. The molecule has 1 nitrogen and oxygen atoms in total. The summed E-state index contributed by atoms with van der Waals surface area (Å²) in [6.45, 7) is 2.60. The monoisotopic (exact) mass is 265 g/mol. The van der Waals surface area contributed by atoms with E-state index in [1.165, 1.54) is 0 Å². The van der Waals surface area contributed by atoms with Crippen LogP contribution in [0, 0.1) is 0 Å². The van der Waals surface area contributed by atoms with Gasteiger partial charge in [0.05, 0.1) is 6.42 Å². The Morgan fingerprint density at radius 1 is 1.41 bits per heavy atom. The summed E-state index contributed by atoms with van der Waals surface area (Å²) in [4.78, 5) is 0. The lowest BCUT2D eigenvalue weighted by atomic mass is 10.0. The fraction of sp³-hybridized carbons (Fsp3) is 0.667. The summed E-state index contributed by atoms with van der Waals surface area (Å²) in [5.74, 6) is 0. The molecule has 1 rings (SSSR count). The van der Waals surface area contributed by atoms with Crippen molar-refractivity contribution in [3.63, 3.8) is 0 Å². The predicted molar refractivity (Wildman–Crippen MR) is 65.4 cm³/mol. The van der Waals surface area contributed by atoms with E-state index in [0.717, 1.165) is 12.0 Å². The molecular formula is C12H18F3NS. The molecule has 5 heteroatoms. The van der Waals surface area contributed by atoms with Gasteiger partial charge in [-0.15, -0.1) is 0 Å². The summed E-state index contributed by atoms with van der Waals surface area (Å²) in [6, 6.07) is 1.50. The van der Waals surface area contributed by atoms with Gasteiger partial charge in [0.15, 0.2) is 0 Å². The highest BCUT2D eigenvalue weighted by atomic mass is 32.1. The SMILES string of the molecule is CCCNC(CCc1ccsc1)CC(F)(F)F. The van der Waals surface area contributed by atoms with Crippen LogP contribution in [0.4, 0.5) is 13.2 Å². The van der Waals surface area contributed by atoms with Crippen LogP contribution in [-0.4, -0.2) is 18.8 Å². The van der Waals surface area contributed by atoms with Gasteiger partial charge < -0.3 is 5.32 Å². The topological polar surface area (TPSA) is 12.0 Å². The molecule has 0 radical (unpaired) electrons. The number of aryl methyl sites for hydroxylation is 1. The first-order valence-electron chi connectivity index (χ1n) is 5.82. The molecule has 98 valence electrons. The zero-order valence-corrected chi connectivity index (χ0v) is 10.7. The van der Waals surface area contributed by atoms with E-state index in [2.05, 4.69) is 5.32 Å². The van der Waals surface area contributed by atoms with E-state index in [9.17, 15) is 13.2 Å². The Labute approximate surface area is 104 Å². The van der Waals surface area contributed by atoms with Crippen molar-refractivity contribution in [1.82, 2.24) is 5.32 Å². The summed E-state index contributed by atoms with van der Waals surface area (Å²) in [6.07, 6.45) is -2.72. The molecule has 0 bridgehead atoms. The Kier molecular flexibility index (Phi) is 5.98. The Morgan fingerprint density at radius 2 is 2.18 bits per heavy atom. The highest BCUT2D eigenvalue weighted by Gasteiger charge is 2.31. The van der Waals surface area contributed by atoms with Crippen molar-refractivity contribution < 1.29 is 13.2 Å². The molecule has 0 aliphatic carbocycles. The molecule has 0 saturated heterocycles. The van der Waals surface area contributed by atoms with Crippen LogP contribution >= 0.6 is 11.3 Å². The molecule has 17 heavy (non-hydrogen) atoms. The molecule has 0 spiro atoms. The lowest BCUT2D eigenvalue weighted by Gasteiger charge is -2.19. The van der Waals surface area contributed by atoms with Gasteiger partial charge in [0.25, 0.3) is 0 Å². The Bertz CT molecular complexity index is 295. The minimum Gasteiger partial charge on any atom is -0.314 e. The summed E-state index contributed by atoms with van der Waals surface area (Å²) < 4.78 is 37.1. The zero-order chi connectivity index (χ0) is 12.7. The van der Waals surface area contributed by atoms with Crippen molar-refractivity contribution in [1.29, 1.82) is 0 Å². The maximum Gasteiger partial charge on any atom is 0.390 e. The fourth-order valence-electron chi connectivity index (χ4n) is 1.68. The van der Waals surface area contributed by atoms with Gasteiger partial charge in [0.2, 0.25) is 0 Å². The van der Waals surface area contributed by atoms with E-state index in [0.29, 0.717) is 19.4 Å². The van der Waals surface area contributed by atoms with Gasteiger partial charge in [-0.2, -0.15) is 24.5 Å². The maximum absolute atomic E-state index is 12.4. The van der Waals surface area contributed by atoms with Crippen molar-refractivity contribution in [2.45, 2.75) is 44.8 Å². The molecule has 1 aromatic rings. The number of hydrogen-bond acceptors (Lipinski definition) is 2. The lowest BCUT2D eigenvalue weighted by Crippen LogP contribution is -2.34. The van der Waals surface area contributed by atoms with Gasteiger partial charge in [-0.3, -0.25) is 0 Å². The fourth-order valence-corrected chi connectivity index (χ4v) is 2.38. The second kappa shape index (κ2) is 7.01. The van der Waals surface area contributed by atoms with Crippen molar-refractivity contribution in [3.8, 4) is 0 Å². The molecule has 0 amide bonds. The van der Waals surface area contributed by atoms with Gasteiger partial charge in [-0.05, 0) is 48.2 Å². The minimum atomic E-state index is -4.08. The van der Waals surface area contributed by atoms with Crippen molar-refractivity contribution >= 4 is 11.3 Å². The summed E-state index contributed by atoms with van der Waals surface area (Å²) in [7, 11) is 0. The normalized spacial score (nSPS) is 13.9. The van der Waals surface area contributed by atoms with Crippen molar-refractivity contribution in [3.05, 3.63) is 22.4 Å². The highest BCUT2D eigenvalue weighted by molar-refractivity contribution is 7.07. The number of hydrogen-bond donors (Lipinski definition) is 1. The van der Waals surface area contributed by atoms with Gasteiger partial charge in [-0.1, -0.05) is 6.92 Å². The molecule has 1 N–H and O–H groups in total. The van der Waals surface area contributed by atoms with Crippen LogP contribution in [0.5, 0.6) is 0 Å². The van der Waals surface area contributed by atoms with E-state index in [-0.39, 0.29) is 0 Å². The Morgan fingerprint density at radius 3 is 2.71 bits per heavy atom.